The van der Waals surface area contributed by atoms with Gasteiger partial charge in [-0.1, -0.05) is 24.9 Å². The molecule has 1 aromatic carbocycles. The predicted octanol–water partition coefficient (Wildman–Crippen LogP) is 4.05. The van der Waals surface area contributed by atoms with E-state index < -0.39 is 0 Å². The first kappa shape index (κ1) is 16.0. The molecule has 0 aliphatic carbocycles. The molecule has 0 bridgehead atoms. The van der Waals surface area contributed by atoms with Gasteiger partial charge in [0.2, 0.25) is 5.91 Å². The Bertz CT molecular complexity index is 481. The van der Waals surface area contributed by atoms with E-state index in [2.05, 4.69) is 40.1 Å². The second-order valence-electron chi connectivity index (χ2n) is 5.36. The highest BCUT2D eigenvalue weighted by Crippen LogP contribution is 2.36. The molecule has 0 spiro atoms. The molecule has 1 aliphatic heterocycles. The van der Waals surface area contributed by atoms with Crippen molar-refractivity contribution in [2.45, 2.75) is 32.6 Å². The predicted molar refractivity (Wildman–Crippen MR) is 92.2 cm³/mol. The number of benzene rings is 1. The number of hydrogen-bond acceptors (Lipinski definition) is 2. The Morgan fingerprint density at radius 1 is 1.45 bits per heavy atom. The van der Waals surface area contributed by atoms with Gasteiger partial charge < -0.3 is 10.6 Å². The SMILES string of the molecule is CCCC1(C(=O)Nc2ccc(I)cc2Cl)CCNCC1. The lowest BCUT2D eigenvalue weighted by Gasteiger charge is -2.36. The first-order valence-electron chi connectivity index (χ1n) is 7.04. The minimum atomic E-state index is -0.244. The molecule has 5 heteroatoms. The molecular weight excluding hydrogens is 387 g/mol. The Morgan fingerprint density at radius 3 is 2.75 bits per heavy atom. The van der Waals surface area contributed by atoms with E-state index in [4.69, 9.17) is 11.6 Å². The minimum absolute atomic E-state index is 0.115. The third kappa shape index (κ3) is 3.65. The number of hydrogen-bond donors (Lipinski definition) is 2. The molecule has 3 nitrogen and oxygen atoms in total. The van der Waals surface area contributed by atoms with E-state index in [-0.39, 0.29) is 11.3 Å². The molecule has 0 radical (unpaired) electrons. The highest BCUT2D eigenvalue weighted by molar-refractivity contribution is 14.1. The topological polar surface area (TPSA) is 41.1 Å². The Hall–Kier alpha value is -0.330. The fraction of sp³-hybridized carbons (Fsp3) is 0.533. The maximum absolute atomic E-state index is 12.7. The zero-order valence-corrected chi connectivity index (χ0v) is 14.6. The molecule has 1 aliphatic rings. The standard InChI is InChI=1S/C15H20ClIN2O/c1-2-5-15(6-8-18-9-7-15)14(20)19-13-4-3-11(17)10-12(13)16/h3-4,10,18H,2,5-9H2,1H3,(H,19,20). The van der Waals surface area contributed by atoms with Crippen molar-refractivity contribution in [1.82, 2.24) is 5.32 Å². The number of carbonyl (C=O) groups is 1. The molecular formula is C15H20ClIN2O. The second-order valence-corrected chi connectivity index (χ2v) is 7.01. The van der Waals surface area contributed by atoms with Crippen molar-refractivity contribution < 1.29 is 4.79 Å². The Balaban J connectivity index is 2.15. The van der Waals surface area contributed by atoms with Crippen LogP contribution in [0, 0.1) is 8.99 Å². The van der Waals surface area contributed by atoms with Crippen LogP contribution < -0.4 is 10.6 Å². The van der Waals surface area contributed by atoms with Crippen LogP contribution in [0.2, 0.25) is 5.02 Å². The Labute approximate surface area is 139 Å². The van der Waals surface area contributed by atoms with E-state index >= 15 is 0 Å². The smallest absolute Gasteiger partial charge is 0.230 e. The molecule has 0 unspecified atom stereocenters. The van der Waals surface area contributed by atoms with E-state index in [1.54, 1.807) is 0 Å². The van der Waals surface area contributed by atoms with Crippen LogP contribution in [0.25, 0.3) is 0 Å². The highest BCUT2D eigenvalue weighted by atomic mass is 127. The maximum atomic E-state index is 12.7. The van der Waals surface area contributed by atoms with Crippen LogP contribution in [0.3, 0.4) is 0 Å². The van der Waals surface area contributed by atoms with Gasteiger partial charge in [0.25, 0.3) is 0 Å². The molecule has 0 atom stereocenters. The molecule has 110 valence electrons. The summed E-state index contributed by atoms with van der Waals surface area (Å²) >= 11 is 8.41. The number of amides is 1. The summed E-state index contributed by atoms with van der Waals surface area (Å²) in [7, 11) is 0. The third-order valence-electron chi connectivity index (χ3n) is 3.95. The van der Waals surface area contributed by atoms with Gasteiger partial charge in [0, 0.05) is 3.57 Å². The van der Waals surface area contributed by atoms with Crippen LogP contribution >= 0.6 is 34.2 Å². The van der Waals surface area contributed by atoms with Crippen molar-refractivity contribution in [3.8, 4) is 0 Å². The van der Waals surface area contributed by atoms with Crippen molar-refractivity contribution in [3.05, 3.63) is 26.8 Å². The number of nitrogens with one attached hydrogen (secondary N) is 2. The Kier molecular flexibility index (Phi) is 5.69. The van der Waals surface area contributed by atoms with Gasteiger partial charge in [-0.05, 0) is 73.1 Å². The number of anilines is 1. The van der Waals surface area contributed by atoms with Crippen molar-refractivity contribution >= 4 is 45.8 Å². The van der Waals surface area contributed by atoms with Gasteiger partial charge in [0.05, 0.1) is 16.1 Å². The lowest BCUT2D eigenvalue weighted by atomic mass is 9.74. The summed E-state index contributed by atoms with van der Waals surface area (Å²) in [4.78, 5) is 12.7. The van der Waals surface area contributed by atoms with Gasteiger partial charge in [0.15, 0.2) is 0 Å². The van der Waals surface area contributed by atoms with Crippen LogP contribution in [0.1, 0.15) is 32.6 Å². The summed E-state index contributed by atoms with van der Waals surface area (Å²) in [6.45, 7) is 3.95. The molecule has 1 amide bonds. The van der Waals surface area contributed by atoms with Crippen LogP contribution in [-0.4, -0.2) is 19.0 Å². The van der Waals surface area contributed by atoms with Gasteiger partial charge in [-0.15, -0.1) is 0 Å². The minimum Gasteiger partial charge on any atom is -0.324 e. The summed E-state index contributed by atoms with van der Waals surface area (Å²) in [5.74, 6) is 0.115. The molecule has 1 fully saturated rings. The third-order valence-corrected chi connectivity index (χ3v) is 4.93. The first-order valence-corrected chi connectivity index (χ1v) is 8.50. The average Bonchev–Trinajstić information content (AvgIpc) is 2.43. The zero-order valence-electron chi connectivity index (χ0n) is 11.6. The first-order chi connectivity index (χ1) is 9.57. The summed E-state index contributed by atoms with van der Waals surface area (Å²) in [6.07, 6.45) is 3.75. The van der Waals surface area contributed by atoms with Gasteiger partial charge >= 0.3 is 0 Å². The summed E-state index contributed by atoms with van der Waals surface area (Å²) in [5.41, 5.74) is 0.470. The van der Waals surface area contributed by atoms with E-state index in [0.717, 1.165) is 42.3 Å². The quantitative estimate of drug-likeness (QED) is 0.741. The summed E-state index contributed by atoms with van der Waals surface area (Å²) in [5, 5.41) is 6.96. The van der Waals surface area contributed by atoms with Crippen LogP contribution in [0.5, 0.6) is 0 Å². The molecule has 1 heterocycles. The molecule has 2 rings (SSSR count). The zero-order chi connectivity index (χ0) is 14.6. The van der Waals surface area contributed by atoms with Crippen molar-refractivity contribution in [3.63, 3.8) is 0 Å². The average molecular weight is 407 g/mol. The number of rotatable bonds is 4. The summed E-state index contributed by atoms with van der Waals surface area (Å²) in [6, 6.07) is 5.70. The lowest BCUT2D eigenvalue weighted by Crippen LogP contribution is -2.44. The fourth-order valence-electron chi connectivity index (χ4n) is 2.82. The Morgan fingerprint density at radius 2 is 2.15 bits per heavy atom. The van der Waals surface area contributed by atoms with Crippen LogP contribution in [0.15, 0.2) is 18.2 Å². The molecule has 20 heavy (non-hydrogen) atoms. The fourth-order valence-corrected chi connectivity index (χ4v) is 3.72. The van der Waals surface area contributed by atoms with Gasteiger partial charge in [-0.25, -0.2) is 0 Å². The molecule has 0 aromatic heterocycles. The molecule has 1 saturated heterocycles. The van der Waals surface area contributed by atoms with Crippen molar-refractivity contribution in [2.75, 3.05) is 18.4 Å². The molecule has 1 aromatic rings. The van der Waals surface area contributed by atoms with E-state index in [1.807, 2.05) is 18.2 Å². The van der Waals surface area contributed by atoms with Gasteiger partial charge in [-0.2, -0.15) is 0 Å². The van der Waals surface area contributed by atoms with Gasteiger partial charge in [0.1, 0.15) is 0 Å². The van der Waals surface area contributed by atoms with Gasteiger partial charge in [-0.3, -0.25) is 4.79 Å². The van der Waals surface area contributed by atoms with Crippen LogP contribution in [-0.2, 0) is 4.79 Å². The normalized spacial score (nSPS) is 17.8. The lowest BCUT2D eigenvalue weighted by molar-refractivity contribution is -0.127. The second kappa shape index (κ2) is 7.09. The maximum Gasteiger partial charge on any atom is 0.230 e. The van der Waals surface area contributed by atoms with E-state index in [1.165, 1.54) is 0 Å². The largest absolute Gasteiger partial charge is 0.324 e. The van der Waals surface area contributed by atoms with E-state index in [0.29, 0.717) is 10.7 Å². The number of piperidine rings is 1. The van der Waals surface area contributed by atoms with E-state index in [9.17, 15) is 4.79 Å². The summed E-state index contributed by atoms with van der Waals surface area (Å²) < 4.78 is 1.07. The number of halogens is 2. The highest BCUT2D eigenvalue weighted by Gasteiger charge is 2.38. The van der Waals surface area contributed by atoms with Crippen molar-refractivity contribution in [2.24, 2.45) is 5.41 Å². The monoisotopic (exact) mass is 406 g/mol. The van der Waals surface area contributed by atoms with Crippen LogP contribution in [0.4, 0.5) is 5.69 Å². The van der Waals surface area contributed by atoms with Crippen molar-refractivity contribution in [1.29, 1.82) is 0 Å². The molecule has 2 N–H and O–H groups in total. The number of carbonyl (C=O) groups excluding carboxylic acids is 1. The molecule has 0 saturated carbocycles.